The molecule has 2 N–H and O–H groups in total. The summed E-state index contributed by atoms with van der Waals surface area (Å²) in [5.41, 5.74) is -0.261. The number of hydrogen-bond acceptors (Lipinski definition) is 8. The van der Waals surface area contributed by atoms with Crippen molar-refractivity contribution in [3.05, 3.63) is 75.6 Å². The molecule has 0 saturated carbocycles. The van der Waals surface area contributed by atoms with Crippen molar-refractivity contribution >= 4 is 25.5 Å². The van der Waals surface area contributed by atoms with Crippen LogP contribution in [0.1, 0.15) is 32.6 Å². The van der Waals surface area contributed by atoms with E-state index in [0.717, 1.165) is 5.57 Å². The van der Waals surface area contributed by atoms with E-state index >= 15 is 0 Å². The van der Waals surface area contributed by atoms with E-state index in [0.29, 0.717) is 12.2 Å². The minimum Gasteiger partial charge on any atom is -0.462 e. The van der Waals surface area contributed by atoms with Gasteiger partial charge in [0.2, 0.25) is 0 Å². The summed E-state index contributed by atoms with van der Waals surface area (Å²) in [4.78, 5) is 38.0. The molecule has 0 spiro atoms. The Balaban J connectivity index is 1.71. The average Bonchev–Trinajstić information content (AvgIpc) is 3.13. The fourth-order valence-corrected chi connectivity index (χ4v) is 6.25. The number of nitrogens with one attached hydrogen (secondary N) is 2. The number of esters is 1. The number of rotatable bonds is 10. The zero-order valence-corrected chi connectivity index (χ0v) is 20.8. The summed E-state index contributed by atoms with van der Waals surface area (Å²) in [5.74, 6) is -0.277. The average molecular weight is 510 g/mol. The Kier molecular flexibility index (Phi) is 8.59. The molecule has 2 aromatic rings. The highest BCUT2D eigenvalue weighted by atomic mass is 32.2. The van der Waals surface area contributed by atoms with Crippen molar-refractivity contribution in [1.29, 1.82) is 0 Å². The van der Waals surface area contributed by atoms with Crippen molar-refractivity contribution < 1.29 is 23.1 Å². The lowest BCUT2D eigenvalue weighted by Gasteiger charge is -2.24. The lowest BCUT2D eigenvalue weighted by Crippen LogP contribution is -2.36. The summed E-state index contributed by atoms with van der Waals surface area (Å²) in [6.45, 7) is 8.98. The third kappa shape index (κ3) is 6.96. The molecule has 1 aromatic heterocycles. The molecule has 0 bridgehead atoms. The summed E-state index contributed by atoms with van der Waals surface area (Å²) in [6.07, 6.45) is 1.58. The molecule has 2 heterocycles. The fraction of sp³-hybridized carbons (Fsp3) is 0.409. The normalized spacial score (nSPS) is 20.6. The van der Waals surface area contributed by atoms with E-state index in [2.05, 4.69) is 16.7 Å². The maximum atomic E-state index is 13.6. The van der Waals surface area contributed by atoms with E-state index in [4.69, 9.17) is 13.8 Å². The highest BCUT2D eigenvalue weighted by Gasteiger charge is 2.36. The number of ether oxygens (including phenoxy) is 1. The Hall–Kier alpha value is -2.59. The Morgan fingerprint density at radius 3 is 2.62 bits per heavy atom. The van der Waals surface area contributed by atoms with Crippen molar-refractivity contribution in [2.45, 2.75) is 50.0 Å². The van der Waals surface area contributed by atoms with E-state index in [1.165, 1.54) is 35.5 Å². The molecule has 1 aliphatic rings. The van der Waals surface area contributed by atoms with Crippen molar-refractivity contribution in [2.75, 3.05) is 6.61 Å². The van der Waals surface area contributed by atoms with Gasteiger partial charge in [0.05, 0.1) is 12.7 Å². The first-order chi connectivity index (χ1) is 16.1. The molecule has 1 aliphatic heterocycles. The van der Waals surface area contributed by atoms with Crippen LogP contribution in [0.25, 0.3) is 0 Å². The summed E-state index contributed by atoms with van der Waals surface area (Å²) >= 11 is 1.39. The Labute approximate surface area is 201 Å². The first kappa shape index (κ1) is 26.0. The number of thioether (sulfide) groups is 1. The van der Waals surface area contributed by atoms with Crippen molar-refractivity contribution in [3.63, 3.8) is 0 Å². The molecule has 0 aliphatic carbocycles. The molecular formula is C22H28N3O7PS. The monoisotopic (exact) mass is 509 g/mol. The highest BCUT2D eigenvalue weighted by Crippen LogP contribution is 2.49. The number of aromatic nitrogens is 2. The van der Waals surface area contributed by atoms with E-state index in [-0.39, 0.29) is 18.0 Å². The molecule has 10 nitrogen and oxygen atoms in total. The Bertz CT molecular complexity index is 1180. The molecule has 0 amide bonds. The standard InChI is InChI=1S/C22H28N3O7PS/c1-14(2)31-21(27)16(4)24-33(29,32-17-8-6-5-7-9-17)30-13-18-12-15(3)20(34-18)25-11-10-19(26)23-22(25)28/h5-11,14,16,18,20H,3,12-13H2,1-2,4H3,(H,24,29)(H,23,26,28)/t16-,18+,20-,33?/m1/s1. The molecule has 34 heavy (non-hydrogen) atoms. The minimum absolute atomic E-state index is 0.00134. The summed E-state index contributed by atoms with van der Waals surface area (Å²) in [5, 5.41) is 2.06. The van der Waals surface area contributed by atoms with E-state index in [1.807, 2.05) is 0 Å². The first-order valence-electron chi connectivity index (χ1n) is 10.7. The lowest BCUT2D eigenvalue weighted by molar-refractivity contribution is -0.149. The van der Waals surface area contributed by atoms with Gasteiger partial charge in [0.1, 0.15) is 17.2 Å². The second kappa shape index (κ2) is 11.2. The van der Waals surface area contributed by atoms with Crippen LogP contribution in [0, 0.1) is 0 Å². The van der Waals surface area contributed by atoms with Gasteiger partial charge in [0.25, 0.3) is 5.56 Å². The van der Waals surface area contributed by atoms with Crippen LogP contribution in [0.15, 0.2) is 64.3 Å². The van der Waals surface area contributed by atoms with Crippen LogP contribution >= 0.6 is 19.5 Å². The molecule has 4 atom stereocenters. The molecule has 12 heteroatoms. The predicted molar refractivity (Wildman–Crippen MR) is 130 cm³/mol. The molecule has 3 rings (SSSR count). The Morgan fingerprint density at radius 2 is 1.97 bits per heavy atom. The van der Waals surface area contributed by atoms with Gasteiger partial charge < -0.3 is 9.26 Å². The molecule has 1 fully saturated rings. The van der Waals surface area contributed by atoms with Crippen LogP contribution in [0.4, 0.5) is 0 Å². The number of hydrogen-bond donors (Lipinski definition) is 2. The zero-order valence-electron chi connectivity index (χ0n) is 19.1. The maximum Gasteiger partial charge on any atom is 0.459 e. The number of benzene rings is 1. The van der Waals surface area contributed by atoms with Crippen LogP contribution in [-0.4, -0.2) is 39.5 Å². The lowest BCUT2D eigenvalue weighted by atomic mass is 10.2. The molecule has 1 unspecified atom stereocenters. The molecule has 1 saturated heterocycles. The number of H-pyrrole nitrogens is 1. The number of carbonyl (C=O) groups excluding carboxylic acids is 1. The molecule has 1 aromatic carbocycles. The predicted octanol–water partition coefficient (Wildman–Crippen LogP) is 3.23. The van der Waals surface area contributed by atoms with E-state index in [1.54, 1.807) is 44.2 Å². The quantitative estimate of drug-likeness (QED) is 0.282. The van der Waals surface area contributed by atoms with E-state index < -0.39 is 36.4 Å². The van der Waals surface area contributed by atoms with E-state index in [9.17, 15) is 18.9 Å². The van der Waals surface area contributed by atoms with Gasteiger partial charge in [0.15, 0.2) is 0 Å². The second-order valence-corrected chi connectivity index (χ2v) is 11.1. The smallest absolute Gasteiger partial charge is 0.459 e. The third-order valence-corrected chi connectivity index (χ3v) is 7.87. The van der Waals surface area contributed by atoms with Crippen LogP contribution in [0.5, 0.6) is 5.75 Å². The number of carbonyl (C=O) groups is 1. The number of para-hydroxylation sites is 1. The van der Waals surface area contributed by atoms with Gasteiger partial charge in [-0.2, -0.15) is 5.09 Å². The molecular weight excluding hydrogens is 481 g/mol. The largest absolute Gasteiger partial charge is 0.462 e. The van der Waals surface area contributed by atoms with Crippen molar-refractivity contribution in [1.82, 2.24) is 14.6 Å². The third-order valence-electron chi connectivity index (χ3n) is 4.72. The van der Waals surface area contributed by atoms with Gasteiger partial charge in [-0.05, 0) is 44.9 Å². The highest BCUT2D eigenvalue weighted by molar-refractivity contribution is 8.00. The van der Waals surface area contributed by atoms with Crippen LogP contribution < -0.4 is 20.9 Å². The van der Waals surface area contributed by atoms with Crippen molar-refractivity contribution in [2.24, 2.45) is 0 Å². The fourth-order valence-electron chi connectivity index (χ4n) is 3.21. The van der Waals surface area contributed by atoms with Gasteiger partial charge in [-0.15, -0.1) is 11.8 Å². The van der Waals surface area contributed by atoms with Gasteiger partial charge in [-0.1, -0.05) is 24.8 Å². The van der Waals surface area contributed by atoms with Crippen LogP contribution in [0.2, 0.25) is 0 Å². The second-order valence-electron chi connectivity index (χ2n) is 8.02. The van der Waals surface area contributed by atoms with Gasteiger partial charge in [0, 0.05) is 17.5 Å². The van der Waals surface area contributed by atoms with Crippen molar-refractivity contribution in [3.8, 4) is 5.75 Å². The van der Waals surface area contributed by atoms with Crippen LogP contribution in [0.3, 0.4) is 0 Å². The first-order valence-corrected chi connectivity index (χ1v) is 13.2. The summed E-state index contributed by atoms with van der Waals surface area (Å²) < 4.78 is 31.5. The van der Waals surface area contributed by atoms with Crippen LogP contribution in [-0.2, 0) is 18.6 Å². The SMILES string of the molecule is C=C1C[C@@H](COP(=O)(N[C@H](C)C(=O)OC(C)C)Oc2ccccc2)S[C@H]1n1ccc(=O)[nH]c1=O. The number of nitrogens with zero attached hydrogens (tertiary/aromatic N) is 1. The summed E-state index contributed by atoms with van der Waals surface area (Å²) in [7, 11) is -3.98. The van der Waals surface area contributed by atoms with Gasteiger partial charge >= 0.3 is 19.4 Å². The zero-order chi connectivity index (χ0) is 24.9. The molecule has 0 radical (unpaired) electrons. The maximum absolute atomic E-state index is 13.6. The van der Waals surface area contributed by atoms with Gasteiger partial charge in [-0.3, -0.25) is 23.7 Å². The minimum atomic E-state index is -3.98. The number of aromatic amines is 1. The summed E-state index contributed by atoms with van der Waals surface area (Å²) in [6, 6.07) is 8.80. The van der Waals surface area contributed by atoms with Gasteiger partial charge in [-0.25, -0.2) is 9.36 Å². The topological polar surface area (TPSA) is 129 Å². The molecule has 184 valence electrons. The Morgan fingerprint density at radius 1 is 1.26 bits per heavy atom.